The molecular weight excluding hydrogens is 294 g/mol. The van der Waals surface area contributed by atoms with Gasteiger partial charge in [-0.1, -0.05) is 24.3 Å². The van der Waals surface area contributed by atoms with Crippen molar-refractivity contribution >= 4 is 5.97 Å². The number of aromatic nitrogens is 1. The molecule has 0 amide bonds. The third-order valence-corrected chi connectivity index (χ3v) is 4.10. The maximum Gasteiger partial charge on any atom is 0.360 e. The van der Waals surface area contributed by atoms with Crippen LogP contribution in [0.15, 0.2) is 35.1 Å². The van der Waals surface area contributed by atoms with Crippen molar-refractivity contribution < 1.29 is 18.7 Å². The smallest absolute Gasteiger partial charge is 0.360 e. The molecule has 0 aliphatic carbocycles. The van der Waals surface area contributed by atoms with Gasteiger partial charge in [-0.05, 0) is 43.7 Å². The Morgan fingerprint density at radius 3 is 3.04 bits per heavy atom. The van der Waals surface area contributed by atoms with Crippen LogP contribution in [-0.4, -0.2) is 24.2 Å². The van der Waals surface area contributed by atoms with Crippen molar-refractivity contribution in [1.82, 2.24) is 4.98 Å². The molecule has 122 valence electrons. The third-order valence-electron chi connectivity index (χ3n) is 4.10. The molecule has 0 unspecified atom stereocenters. The number of carbonyl (C=O) groups is 1. The largest absolute Gasteiger partial charge is 0.461 e. The van der Waals surface area contributed by atoms with E-state index in [9.17, 15) is 4.79 Å². The second kappa shape index (κ2) is 7.42. The number of oxazole rings is 1. The first kappa shape index (κ1) is 15.7. The first-order valence-corrected chi connectivity index (χ1v) is 8.02. The molecule has 3 rings (SSSR count). The van der Waals surface area contributed by atoms with Gasteiger partial charge in [0.1, 0.15) is 6.10 Å². The first-order valence-electron chi connectivity index (χ1n) is 8.02. The molecule has 0 radical (unpaired) electrons. The van der Waals surface area contributed by atoms with E-state index in [0.29, 0.717) is 19.0 Å². The monoisotopic (exact) mass is 315 g/mol. The Balaban J connectivity index is 1.50. The minimum absolute atomic E-state index is 0.174. The molecule has 1 aromatic carbocycles. The molecule has 0 saturated carbocycles. The van der Waals surface area contributed by atoms with Crippen LogP contribution in [0.3, 0.4) is 0 Å². The lowest BCUT2D eigenvalue weighted by molar-refractivity contribution is 0.0474. The molecule has 1 saturated heterocycles. The summed E-state index contributed by atoms with van der Waals surface area (Å²) in [4.78, 5) is 16.2. The molecule has 1 aromatic heterocycles. The van der Waals surface area contributed by atoms with Gasteiger partial charge in [0.15, 0.2) is 17.8 Å². The Hall–Kier alpha value is -2.14. The number of esters is 1. The lowest BCUT2D eigenvalue weighted by atomic mass is 10.0. The molecule has 5 nitrogen and oxygen atoms in total. The minimum atomic E-state index is -0.436. The van der Waals surface area contributed by atoms with Crippen LogP contribution in [0.5, 0.6) is 0 Å². The average molecular weight is 315 g/mol. The zero-order valence-electron chi connectivity index (χ0n) is 13.3. The van der Waals surface area contributed by atoms with Crippen molar-refractivity contribution in [2.24, 2.45) is 0 Å². The van der Waals surface area contributed by atoms with E-state index in [0.717, 1.165) is 25.7 Å². The van der Waals surface area contributed by atoms with Crippen molar-refractivity contribution in [2.45, 2.75) is 38.7 Å². The summed E-state index contributed by atoms with van der Waals surface area (Å²) in [6.07, 6.45) is 4.59. The molecule has 2 aromatic rings. The predicted octanol–water partition coefficient (Wildman–Crippen LogP) is 3.62. The fourth-order valence-electron chi connectivity index (χ4n) is 2.81. The summed E-state index contributed by atoms with van der Waals surface area (Å²) < 4.78 is 16.2. The minimum Gasteiger partial charge on any atom is -0.461 e. The molecule has 1 aliphatic heterocycles. The van der Waals surface area contributed by atoms with Gasteiger partial charge in [-0.15, -0.1) is 0 Å². The lowest BCUT2D eigenvalue weighted by Gasteiger charge is -2.08. The number of hydrogen-bond donors (Lipinski definition) is 0. The van der Waals surface area contributed by atoms with E-state index in [1.807, 2.05) is 12.1 Å². The molecule has 5 heteroatoms. The van der Waals surface area contributed by atoms with Crippen molar-refractivity contribution in [1.29, 1.82) is 0 Å². The quantitative estimate of drug-likeness (QED) is 0.602. The molecule has 0 N–H and O–H groups in total. The van der Waals surface area contributed by atoms with Gasteiger partial charge in [0, 0.05) is 6.61 Å². The van der Waals surface area contributed by atoms with Crippen LogP contribution in [0.25, 0.3) is 0 Å². The Bertz CT molecular complexity index is 659. The number of rotatable bonds is 6. The van der Waals surface area contributed by atoms with E-state index in [4.69, 9.17) is 13.9 Å². The SMILES string of the molecule is Cc1ccccc1CCCOC(=O)c1ncoc1[C@@H]1CCCO1. The van der Waals surface area contributed by atoms with Gasteiger partial charge in [-0.2, -0.15) is 0 Å². The summed E-state index contributed by atoms with van der Waals surface area (Å²) >= 11 is 0. The highest BCUT2D eigenvalue weighted by molar-refractivity contribution is 5.88. The van der Waals surface area contributed by atoms with Crippen LogP contribution in [0, 0.1) is 6.92 Å². The van der Waals surface area contributed by atoms with Crippen LogP contribution < -0.4 is 0 Å². The molecule has 2 heterocycles. The standard InChI is InChI=1S/C18H21NO4/c1-13-6-2-3-7-14(13)8-4-11-22-18(20)16-17(23-12-19-16)15-9-5-10-21-15/h2-3,6-7,12,15H,4-5,8-11H2,1H3/t15-/m0/s1. The second-order valence-corrected chi connectivity index (χ2v) is 5.73. The summed E-state index contributed by atoms with van der Waals surface area (Å²) in [6, 6.07) is 8.24. The Morgan fingerprint density at radius 1 is 1.39 bits per heavy atom. The molecule has 1 aliphatic rings. The molecule has 0 bridgehead atoms. The highest BCUT2D eigenvalue weighted by Crippen LogP contribution is 2.30. The molecular formula is C18H21NO4. The van der Waals surface area contributed by atoms with Gasteiger partial charge in [-0.25, -0.2) is 9.78 Å². The summed E-state index contributed by atoms with van der Waals surface area (Å²) in [5.74, 6) is 0.0560. The van der Waals surface area contributed by atoms with Gasteiger partial charge in [-0.3, -0.25) is 0 Å². The normalized spacial score (nSPS) is 17.3. The maximum absolute atomic E-state index is 12.2. The fraction of sp³-hybridized carbons (Fsp3) is 0.444. The molecule has 0 spiro atoms. The van der Waals surface area contributed by atoms with Crippen LogP contribution in [0.2, 0.25) is 0 Å². The summed E-state index contributed by atoms with van der Waals surface area (Å²) in [7, 11) is 0. The van der Waals surface area contributed by atoms with E-state index in [2.05, 4.69) is 24.0 Å². The lowest BCUT2D eigenvalue weighted by Crippen LogP contribution is -2.11. The van der Waals surface area contributed by atoms with Crippen LogP contribution in [0.1, 0.15) is 52.7 Å². The maximum atomic E-state index is 12.2. The van der Waals surface area contributed by atoms with E-state index < -0.39 is 5.97 Å². The highest BCUT2D eigenvalue weighted by atomic mass is 16.5. The van der Waals surface area contributed by atoms with Crippen LogP contribution in [0.4, 0.5) is 0 Å². The average Bonchev–Trinajstić information content (AvgIpc) is 3.23. The number of benzene rings is 1. The number of ether oxygens (including phenoxy) is 2. The van der Waals surface area contributed by atoms with Crippen molar-refractivity contribution in [2.75, 3.05) is 13.2 Å². The second-order valence-electron chi connectivity index (χ2n) is 5.73. The van der Waals surface area contributed by atoms with E-state index in [1.54, 1.807) is 0 Å². The zero-order chi connectivity index (χ0) is 16.1. The highest BCUT2D eigenvalue weighted by Gasteiger charge is 2.28. The number of aryl methyl sites for hydroxylation is 2. The van der Waals surface area contributed by atoms with Gasteiger partial charge >= 0.3 is 5.97 Å². The van der Waals surface area contributed by atoms with Crippen molar-refractivity contribution in [3.8, 4) is 0 Å². The van der Waals surface area contributed by atoms with E-state index >= 15 is 0 Å². The summed E-state index contributed by atoms with van der Waals surface area (Å²) in [5, 5.41) is 0. The van der Waals surface area contributed by atoms with Gasteiger partial charge in [0.2, 0.25) is 0 Å². The zero-order valence-corrected chi connectivity index (χ0v) is 13.3. The third kappa shape index (κ3) is 3.79. The van der Waals surface area contributed by atoms with E-state index in [1.165, 1.54) is 17.5 Å². The van der Waals surface area contributed by atoms with E-state index in [-0.39, 0.29) is 11.8 Å². The molecule has 1 fully saturated rings. The molecule has 23 heavy (non-hydrogen) atoms. The predicted molar refractivity (Wildman–Crippen MR) is 84.2 cm³/mol. The van der Waals surface area contributed by atoms with Gasteiger partial charge in [0.25, 0.3) is 0 Å². The van der Waals surface area contributed by atoms with Crippen LogP contribution >= 0.6 is 0 Å². The Labute approximate surface area is 135 Å². The fourth-order valence-corrected chi connectivity index (χ4v) is 2.81. The van der Waals surface area contributed by atoms with Gasteiger partial charge < -0.3 is 13.9 Å². The summed E-state index contributed by atoms with van der Waals surface area (Å²) in [5.41, 5.74) is 2.79. The Kier molecular flexibility index (Phi) is 5.08. The van der Waals surface area contributed by atoms with Crippen LogP contribution in [-0.2, 0) is 15.9 Å². The first-order chi connectivity index (χ1) is 11.3. The molecule has 1 atom stereocenters. The van der Waals surface area contributed by atoms with Gasteiger partial charge in [0.05, 0.1) is 6.61 Å². The van der Waals surface area contributed by atoms with Crippen molar-refractivity contribution in [3.63, 3.8) is 0 Å². The number of nitrogens with zero attached hydrogens (tertiary/aromatic N) is 1. The number of carbonyl (C=O) groups excluding carboxylic acids is 1. The van der Waals surface area contributed by atoms with Crippen molar-refractivity contribution in [3.05, 3.63) is 53.2 Å². The topological polar surface area (TPSA) is 61.6 Å². The Morgan fingerprint density at radius 2 is 2.26 bits per heavy atom. The summed E-state index contributed by atoms with van der Waals surface area (Å²) in [6.45, 7) is 3.14. The number of hydrogen-bond acceptors (Lipinski definition) is 5.